The Labute approximate surface area is 183 Å². The summed E-state index contributed by atoms with van der Waals surface area (Å²) in [5.41, 5.74) is 6.85. The number of rotatable bonds is 18. The number of nitrogens with two attached hydrogens (primary N) is 1. The van der Waals surface area contributed by atoms with Crippen LogP contribution < -0.4 is 11.1 Å². The first-order valence-electron chi connectivity index (χ1n) is 11.8. The van der Waals surface area contributed by atoms with Gasteiger partial charge in [-0.3, -0.25) is 0 Å². The number of ether oxygens (including phenoxy) is 2. The Hall–Kier alpha value is -1.95. The van der Waals surface area contributed by atoms with Crippen molar-refractivity contribution < 1.29 is 14.6 Å². The molecule has 0 aromatic heterocycles. The van der Waals surface area contributed by atoms with Gasteiger partial charge in [-0.1, -0.05) is 71.6 Å². The largest absolute Gasteiger partial charge is 0.508 e. The van der Waals surface area contributed by atoms with Gasteiger partial charge < -0.3 is 25.6 Å². The molecule has 30 heavy (non-hydrogen) atoms. The van der Waals surface area contributed by atoms with E-state index in [0.717, 1.165) is 31.4 Å². The highest BCUT2D eigenvalue weighted by molar-refractivity contribution is 5.71. The van der Waals surface area contributed by atoms with Crippen molar-refractivity contribution >= 4 is 11.7 Å². The average molecular weight is 422 g/mol. The summed E-state index contributed by atoms with van der Waals surface area (Å²) in [7, 11) is 0. The highest BCUT2D eigenvalue weighted by Crippen LogP contribution is 2.15. The molecule has 172 valence electrons. The lowest BCUT2D eigenvalue weighted by atomic mass is 10.1. The summed E-state index contributed by atoms with van der Waals surface area (Å²) < 4.78 is 11.5. The van der Waals surface area contributed by atoms with Crippen molar-refractivity contribution in [1.82, 2.24) is 0 Å². The molecular weight excluding hydrogens is 378 g/mol. The van der Waals surface area contributed by atoms with Crippen LogP contribution in [0.15, 0.2) is 29.3 Å². The summed E-state index contributed by atoms with van der Waals surface area (Å²) in [5, 5.41) is 12.6. The van der Waals surface area contributed by atoms with E-state index in [1.54, 1.807) is 24.3 Å². The van der Waals surface area contributed by atoms with E-state index >= 15 is 0 Å². The zero-order valence-electron chi connectivity index (χ0n) is 19.1. The van der Waals surface area contributed by atoms with Gasteiger partial charge in [-0.25, -0.2) is 4.99 Å². The van der Waals surface area contributed by atoms with Crippen LogP contribution in [0.25, 0.3) is 0 Å². The van der Waals surface area contributed by atoms with Gasteiger partial charge in [0.05, 0.1) is 6.61 Å². The molecule has 0 aliphatic carbocycles. The minimum atomic E-state index is -0.319. The topological polar surface area (TPSA) is 89.1 Å². The third kappa shape index (κ3) is 14.1. The number of hydrogen-bond acceptors (Lipinski definition) is 5. The molecule has 0 saturated carbocycles. The molecule has 0 heterocycles. The number of benzene rings is 1. The molecule has 0 bridgehead atoms. The Morgan fingerprint density at radius 2 is 1.53 bits per heavy atom. The fraction of sp³-hybridized carbons (Fsp3) is 0.708. The van der Waals surface area contributed by atoms with Crippen LogP contribution in [0.1, 0.15) is 90.9 Å². The van der Waals surface area contributed by atoms with Crippen LogP contribution in [0.2, 0.25) is 0 Å². The van der Waals surface area contributed by atoms with Gasteiger partial charge in [0.15, 0.2) is 6.23 Å². The molecule has 0 saturated heterocycles. The first-order chi connectivity index (χ1) is 14.7. The number of hydrogen-bond donors (Lipinski definition) is 3. The fourth-order valence-corrected chi connectivity index (χ4v) is 3.15. The van der Waals surface area contributed by atoms with Crippen molar-refractivity contribution in [2.24, 2.45) is 10.7 Å². The first kappa shape index (κ1) is 26.1. The van der Waals surface area contributed by atoms with E-state index < -0.39 is 0 Å². The van der Waals surface area contributed by atoms with E-state index in [9.17, 15) is 5.11 Å². The van der Waals surface area contributed by atoms with Gasteiger partial charge in [-0.05, 0) is 43.5 Å². The number of phenolic OH excluding ortho intramolecular Hbond substituents is 1. The number of nitrogens with zero attached hydrogens (tertiary/aromatic N) is 1. The summed E-state index contributed by atoms with van der Waals surface area (Å²) in [6, 6.07) is 7.10. The lowest BCUT2D eigenvalue weighted by Gasteiger charge is -2.16. The third-order valence-corrected chi connectivity index (χ3v) is 4.99. The highest BCUT2D eigenvalue weighted by Gasteiger charge is 2.09. The predicted octanol–water partition coefficient (Wildman–Crippen LogP) is 6.16. The number of anilines is 1. The summed E-state index contributed by atoms with van der Waals surface area (Å²) in [5.74, 6) is 0.242. The standard InChI is InChI=1S/C24H43N3O3/c1-3-5-7-9-10-11-12-14-23(27-24(25)29-19-13-8-6-4-2)30-20-26-21-15-17-22(28)18-16-21/h15-18,23,26,28H,3-14,19-20H2,1-2H3,(H2,25,27). The summed E-state index contributed by atoms with van der Waals surface area (Å²) >= 11 is 0. The molecule has 1 rings (SSSR count). The SMILES string of the molecule is CCCCCCCCCC(/N=C(\N)OCCCCCC)OCNc1ccc(O)cc1. The summed E-state index contributed by atoms with van der Waals surface area (Å²) in [4.78, 5) is 4.46. The second-order valence-corrected chi connectivity index (χ2v) is 7.78. The number of nitrogens with one attached hydrogen (secondary N) is 1. The Bertz CT molecular complexity index is 549. The molecule has 1 aromatic rings. The van der Waals surface area contributed by atoms with Gasteiger partial charge in [-0.15, -0.1) is 0 Å². The van der Waals surface area contributed by atoms with E-state index in [1.807, 2.05) is 0 Å². The molecule has 0 aliphatic rings. The van der Waals surface area contributed by atoms with Crippen LogP contribution in [-0.2, 0) is 9.47 Å². The zero-order valence-corrected chi connectivity index (χ0v) is 19.1. The van der Waals surface area contributed by atoms with E-state index in [1.165, 1.54) is 51.4 Å². The van der Waals surface area contributed by atoms with Crippen molar-refractivity contribution in [3.63, 3.8) is 0 Å². The molecule has 6 nitrogen and oxygen atoms in total. The molecule has 1 unspecified atom stereocenters. The van der Waals surface area contributed by atoms with E-state index in [2.05, 4.69) is 24.2 Å². The van der Waals surface area contributed by atoms with Crippen LogP contribution in [0.4, 0.5) is 5.69 Å². The molecule has 1 aromatic carbocycles. The summed E-state index contributed by atoms with van der Waals surface area (Å²) in [6.45, 7) is 5.35. The minimum Gasteiger partial charge on any atom is -0.508 e. The molecule has 4 N–H and O–H groups in total. The van der Waals surface area contributed by atoms with Crippen molar-refractivity contribution in [3.05, 3.63) is 24.3 Å². The van der Waals surface area contributed by atoms with Crippen molar-refractivity contribution in [1.29, 1.82) is 0 Å². The van der Waals surface area contributed by atoms with Gasteiger partial charge in [0.2, 0.25) is 0 Å². The normalized spacial score (nSPS) is 12.7. The van der Waals surface area contributed by atoms with Crippen molar-refractivity contribution in [3.8, 4) is 5.75 Å². The fourth-order valence-electron chi connectivity index (χ4n) is 3.15. The second-order valence-electron chi connectivity index (χ2n) is 7.78. The van der Waals surface area contributed by atoms with Crippen LogP contribution in [0.5, 0.6) is 5.75 Å². The Balaban J connectivity index is 2.40. The predicted molar refractivity (Wildman–Crippen MR) is 126 cm³/mol. The maximum absolute atomic E-state index is 9.37. The quantitative estimate of drug-likeness (QED) is 0.0868. The zero-order chi connectivity index (χ0) is 21.9. The van der Waals surface area contributed by atoms with Crippen LogP contribution in [0, 0.1) is 0 Å². The number of unbranched alkanes of at least 4 members (excludes halogenated alkanes) is 9. The molecule has 0 spiro atoms. The van der Waals surface area contributed by atoms with E-state index in [4.69, 9.17) is 15.2 Å². The van der Waals surface area contributed by atoms with Crippen LogP contribution in [0.3, 0.4) is 0 Å². The van der Waals surface area contributed by atoms with Gasteiger partial charge in [-0.2, -0.15) is 0 Å². The van der Waals surface area contributed by atoms with E-state index in [0.29, 0.717) is 13.3 Å². The lowest BCUT2D eigenvalue weighted by Crippen LogP contribution is -2.23. The van der Waals surface area contributed by atoms with E-state index in [-0.39, 0.29) is 18.0 Å². The monoisotopic (exact) mass is 421 g/mol. The average Bonchev–Trinajstić information content (AvgIpc) is 2.74. The Kier molecular flexibility index (Phi) is 15.5. The van der Waals surface area contributed by atoms with Crippen LogP contribution in [-0.4, -0.2) is 30.7 Å². The van der Waals surface area contributed by atoms with Gasteiger partial charge in [0.25, 0.3) is 6.02 Å². The Morgan fingerprint density at radius 3 is 2.20 bits per heavy atom. The molecule has 0 amide bonds. The number of aromatic hydroxyl groups is 1. The maximum Gasteiger partial charge on any atom is 0.284 e. The van der Waals surface area contributed by atoms with Crippen molar-refractivity contribution in [2.75, 3.05) is 18.7 Å². The molecular formula is C24H43N3O3. The molecule has 0 aliphatic heterocycles. The smallest absolute Gasteiger partial charge is 0.284 e. The lowest BCUT2D eigenvalue weighted by molar-refractivity contribution is 0.0625. The number of amidine groups is 1. The van der Waals surface area contributed by atoms with Crippen LogP contribution >= 0.6 is 0 Å². The molecule has 0 radical (unpaired) electrons. The Morgan fingerprint density at radius 1 is 0.933 bits per heavy atom. The van der Waals surface area contributed by atoms with Gasteiger partial charge in [0.1, 0.15) is 12.5 Å². The van der Waals surface area contributed by atoms with Gasteiger partial charge >= 0.3 is 0 Å². The number of aliphatic imine (C=N–C) groups is 1. The maximum atomic E-state index is 9.37. The van der Waals surface area contributed by atoms with Crippen molar-refractivity contribution in [2.45, 2.75) is 97.1 Å². The molecule has 1 atom stereocenters. The van der Waals surface area contributed by atoms with Gasteiger partial charge in [0, 0.05) is 5.69 Å². The highest BCUT2D eigenvalue weighted by atomic mass is 16.5. The molecule has 6 heteroatoms. The summed E-state index contributed by atoms with van der Waals surface area (Å²) in [6.07, 6.45) is 13.8. The molecule has 0 fully saturated rings. The second kappa shape index (κ2) is 17.9. The minimum absolute atomic E-state index is 0.212. The first-order valence-corrected chi connectivity index (χ1v) is 11.8. The third-order valence-electron chi connectivity index (χ3n) is 4.99. The number of phenols is 1.